The molecule has 4 nitrogen and oxygen atoms in total. The van der Waals surface area contributed by atoms with E-state index in [1.807, 2.05) is 59.3 Å². The number of carbonyl (C=O) groups excluding carboxylic acids is 1. The molecule has 2 heterocycles. The van der Waals surface area contributed by atoms with E-state index in [1.165, 1.54) is 32.1 Å². The van der Waals surface area contributed by atoms with E-state index < -0.39 is 0 Å². The number of hydrogen-bond donors (Lipinski definition) is 1. The number of hydrogen-bond acceptors (Lipinski definition) is 3. The molecule has 140 valence electrons. The predicted molar refractivity (Wildman–Crippen MR) is 110 cm³/mol. The van der Waals surface area contributed by atoms with Crippen molar-refractivity contribution in [2.24, 2.45) is 5.92 Å². The van der Waals surface area contributed by atoms with Gasteiger partial charge in [0.2, 0.25) is 0 Å². The van der Waals surface area contributed by atoms with Crippen LogP contribution in [0.1, 0.15) is 48.2 Å². The summed E-state index contributed by atoms with van der Waals surface area (Å²) in [6.07, 6.45) is 10.5. The minimum absolute atomic E-state index is 0.0404. The Balaban J connectivity index is 1.40. The van der Waals surface area contributed by atoms with Gasteiger partial charge in [0, 0.05) is 29.6 Å². The quantitative estimate of drug-likeness (QED) is 0.617. The Kier molecular flexibility index (Phi) is 5.78. The van der Waals surface area contributed by atoms with Crippen LogP contribution in [0.25, 0.3) is 5.65 Å². The van der Waals surface area contributed by atoms with E-state index in [4.69, 9.17) is 0 Å². The van der Waals surface area contributed by atoms with Crippen LogP contribution >= 0.6 is 11.8 Å². The molecule has 1 amide bonds. The second-order valence-corrected chi connectivity index (χ2v) is 8.21. The van der Waals surface area contributed by atoms with Crippen molar-refractivity contribution in [3.63, 3.8) is 0 Å². The maximum atomic E-state index is 12.7. The number of benzene rings is 1. The summed E-state index contributed by atoms with van der Waals surface area (Å²) in [7, 11) is 0. The molecule has 0 aliphatic heterocycles. The van der Waals surface area contributed by atoms with Crippen molar-refractivity contribution in [1.82, 2.24) is 14.7 Å². The van der Waals surface area contributed by atoms with Crippen molar-refractivity contribution >= 4 is 23.3 Å². The Morgan fingerprint density at radius 3 is 2.78 bits per heavy atom. The number of aromatic nitrogens is 2. The number of fused-ring (bicyclic) bond motifs is 1. The fourth-order valence-electron chi connectivity index (χ4n) is 3.71. The van der Waals surface area contributed by atoms with Gasteiger partial charge in [0.25, 0.3) is 5.91 Å². The van der Waals surface area contributed by atoms with Crippen LogP contribution in [-0.4, -0.2) is 21.8 Å². The SMILES string of the molecule is O=C(NCC1CCCCC1)c1ccccc1SCc1cn2ccccc2n1. The van der Waals surface area contributed by atoms with E-state index in [1.54, 1.807) is 11.8 Å². The van der Waals surface area contributed by atoms with Crippen LogP contribution in [0.3, 0.4) is 0 Å². The smallest absolute Gasteiger partial charge is 0.252 e. The maximum Gasteiger partial charge on any atom is 0.252 e. The molecule has 27 heavy (non-hydrogen) atoms. The molecule has 1 aliphatic rings. The molecule has 3 aromatic rings. The van der Waals surface area contributed by atoms with E-state index in [9.17, 15) is 4.79 Å². The summed E-state index contributed by atoms with van der Waals surface area (Å²) in [5.41, 5.74) is 2.73. The van der Waals surface area contributed by atoms with Gasteiger partial charge in [0.05, 0.1) is 11.3 Å². The van der Waals surface area contributed by atoms with E-state index >= 15 is 0 Å². The zero-order valence-electron chi connectivity index (χ0n) is 15.4. The minimum Gasteiger partial charge on any atom is -0.352 e. The second-order valence-electron chi connectivity index (χ2n) is 7.20. The van der Waals surface area contributed by atoms with Crippen molar-refractivity contribution in [1.29, 1.82) is 0 Å². The summed E-state index contributed by atoms with van der Waals surface area (Å²) >= 11 is 1.67. The lowest BCUT2D eigenvalue weighted by Crippen LogP contribution is -2.30. The first-order valence-corrected chi connectivity index (χ1v) is 10.7. The van der Waals surface area contributed by atoms with E-state index in [-0.39, 0.29) is 5.91 Å². The number of imidazole rings is 1. The van der Waals surface area contributed by atoms with Crippen LogP contribution in [0.5, 0.6) is 0 Å². The molecule has 4 rings (SSSR count). The molecule has 0 saturated heterocycles. The molecule has 1 aliphatic carbocycles. The second kappa shape index (κ2) is 8.61. The molecular formula is C22H25N3OS. The van der Waals surface area contributed by atoms with Gasteiger partial charge in [-0.3, -0.25) is 4.79 Å². The summed E-state index contributed by atoms with van der Waals surface area (Å²) in [5, 5.41) is 3.16. The van der Waals surface area contributed by atoms with Crippen molar-refractivity contribution < 1.29 is 4.79 Å². The van der Waals surface area contributed by atoms with Gasteiger partial charge in [-0.05, 0) is 43.0 Å². The third kappa shape index (κ3) is 4.53. The molecule has 1 fully saturated rings. The summed E-state index contributed by atoms with van der Waals surface area (Å²) in [5.74, 6) is 1.42. The highest BCUT2D eigenvalue weighted by Crippen LogP contribution is 2.27. The minimum atomic E-state index is 0.0404. The Hall–Kier alpha value is -2.27. The topological polar surface area (TPSA) is 46.4 Å². The summed E-state index contributed by atoms with van der Waals surface area (Å²) in [4.78, 5) is 18.4. The van der Waals surface area contributed by atoms with Gasteiger partial charge in [-0.15, -0.1) is 11.8 Å². The average Bonchev–Trinajstić information content (AvgIpc) is 3.14. The summed E-state index contributed by atoms with van der Waals surface area (Å²) in [6.45, 7) is 0.796. The zero-order valence-corrected chi connectivity index (χ0v) is 16.3. The Labute approximate surface area is 164 Å². The summed E-state index contributed by atoms with van der Waals surface area (Å²) < 4.78 is 2.03. The molecule has 1 aromatic carbocycles. The van der Waals surface area contributed by atoms with Crippen LogP contribution in [-0.2, 0) is 5.75 Å². The maximum absolute atomic E-state index is 12.7. The molecule has 0 atom stereocenters. The Morgan fingerprint density at radius 1 is 1.11 bits per heavy atom. The lowest BCUT2D eigenvalue weighted by Gasteiger charge is -2.22. The molecule has 0 unspecified atom stereocenters. The Bertz CT molecular complexity index is 882. The van der Waals surface area contributed by atoms with Gasteiger partial charge < -0.3 is 9.72 Å². The van der Waals surface area contributed by atoms with Gasteiger partial charge in [-0.25, -0.2) is 4.98 Å². The fraction of sp³-hybridized carbons (Fsp3) is 0.364. The van der Waals surface area contributed by atoms with Gasteiger partial charge in [-0.1, -0.05) is 37.5 Å². The largest absolute Gasteiger partial charge is 0.352 e. The fourth-order valence-corrected chi connectivity index (χ4v) is 4.65. The molecule has 0 bridgehead atoms. The van der Waals surface area contributed by atoms with E-state index in [2.05, 4.69) is 10.3 Å². The van der Waals surface area contributed by atoms with Gasteiger partial charge in [0.1, 0.15) is 5.65 Å². The van der Waals surface area contributed by atoms with Crippen molar-refractivity contribution in [2.75, 3.05) is 6.54 Å². The monoisotopic (exact) mass is 379 g/mol. The zero-order chi connectivity index (χ0) is 18.5. The third-order valence-electron chi connectivity index (χ3n) is 5.20. The molecule has 1 saturated carbocycles. The lowest BCUT2D eigenvalue weighted by atomic mass is 9.89. The molecule has 1 N–H and O–H groups in total. The number of thioether (sulfide) groups is 1. The first-order valence-electron chi connectivity index (χ1n) is 9.72. The van der Waals surface area contributed by atoms with Crippen LogP contribution in [0.2, 0.25) is 0 Å². The Morgan fingerprint density at radius 2 is 1.93 bits per heavy atom. The van der Waals surface area contributed by atoms with E-state index in [0.717, 1.165) is 34.1 Å². The van der Waals surface area contributed by atoms with Crippen molar-refractivity contribution in [3.8, 4) is 0 Å². The number of rotatable bonds is 6. The van der Waals surface area contributed by atoms with Crippen LogP contribution in [0, 0.1) is 5.92 Å². The molecule has 0 spiro atoms. The number of amides is 1. The van der Waals surface area contributed by atoms with Crippen LogP contribution in [0.15, 0.2) is 59.8 Å². The van der Waals surface area contributed by atoms with Crippen molar-refractivity contribution in [2.45, 2.75) is 42.8 Å². The predicted octanol–water partition coefficient (Wildman–Crippen LogP) is 4.94. The average molecular weight is 380 g/mol. The highest BCUT2D eigenvalue weighted by molar-refractivity contribution is 7.98. The highest BCUT2D eigenvalue weighted by Gasteiger charge is 2.16. The third-order valence-corrected chi connectivity index (χ3v) is 6.30. The van der Waals surface area contributed by atoms with Gasteiger partial charge in [0.15, 0.2) is 0 Å². The molecule has 2 aromatic heterocycles. The first kappa shape index (κ1) is 18.1. The number of nitrogens with zero attached hydrogens (tertiary/aromatic N) is 2. The summed E-state index contributed by atoms with van der Waals surface area (Å²) in [6, 6.07) is 13.9. The van der Waals surface area contributed by atoms with Gasteiger partial charge in [-0.2, -0.15) is 0 Å². The van der Waals surface area contributed by atoms with Crippen molar-refractivity contribution in [3.05, 3.63) is 66.1 Å². The molecule has 0 radical (unpaired) electrons. The normalized spacial score (nSPS) is 15.1. The molecular weight excluding hydrogens is 354 g/mol. The first-order chi connectivity index (χ1) is 13.3. The van der Waals surface area contributed by atoms with Crippen LogP contribution in [0.4, 0.5) is 0 Å². The van der Waals surface area contributed by atoms with Gasteiger partial charge >= 0.3 is 0 Å². The highest BCUT2D eigenvalue weighted by atomic mass is 32.2. The standard InChI is InChI=1S/C22H25N3OS/c26-22(23-14-17-8-2-1-3-9-17)19-10-4-5-11-20(19)27-16-18-15-25-13-7-6-12-21(25)24-18/h4-7,10-13,15,17H,1-3,8-9,14,16H2,(H,23,26). The number of pyridine rings is 1. The van der Waals surface area contributed by atoms with E-state index in [0.29, 0.717) is 5.92 Å². The number of carbonyl (C=O) groups is 1. The van der Waals surface area contributed by atoms with Crippen LogP contribution < -0.4 is 5.32 Å². The molecule has 5 heteroatoms. The number of nitrogens with one attached hydrogen (secondary N) is 1. The lowest BCUT2D eigenvalue weighted by molar-refractivity contribution is 0.0940.